The van der Waals surface area contributed by atoms with Crippen molar-refractivity contribution < 1.29 is 0 Å². The summed E-state index contributed by atoms with van der Waals surface area (Å²) in [6, 6.07) is 0.504. The van der Waals surface area contributed by atoms with Gasteiger partial charge in [-0.15, -0.1) is 10.2 Å². The molecule has 0 fully saturated rings. The molecule has 0 spiro atoms. The van der Waals surface area contributed by atoms with Gasteiger partial charge in [0.05, 0.1) is 6.67 Å². The molecule has 0 saturated carbocycles. The van der Waals surface area contributed by atoms with Gasteiger partial charge in [-0.3, -0.25) is 5.32 Å². The molecule has 0 saturated heterocycles. The standard InChI is InChI=1S/C9H16N4/c1-9(2,3)7-4-8-12-11-6-13(8)5-10-7/h6-7,10H,4-5H2,1-3H3. The molecule has 0 radical (unpaired) electrons. The maximum atomic E-state index is 4.09. The van der Waals surface area contributed by atoms with E-state index in [1.165, 1.54) is 0 Å². The van der Waals surface area contributed by atoms with E-state index in [4.69, 9.17) is 0 Å². The minimum atomic E-state index is 0.289. The van der Waals surface area contributed by atoms with Crippen LogP contribution in [0.2, 0.25) is 0 Å². The Morgan fingerprint density at radius 2 is 2.31 bits per heavy atom. The minimum absolute atomic E-state index is 0.289. The second-order valence-corrected chi connectivity index (χ2v) is 4.70. The van der Waals surface area contributed by atoms with Gasteiger partial charge in [0, 0.05) is 12.5 Å². The van der Waals surface area contributed by atoms with Crippen LogP contribution in [0.3, 0.4) is 0 Å². The summed E-state index contributed by atoms with van der Waals surface area (Å²) in [6.45, 7) is 7.58. The average molecular weight is 180 g/mol. The van der Waals surface area contributed by atoms with Crippen LogP contribution in [-0.4, -0.2) is 20.8 Å². The molecule has 13 heavy (non-hydrogen) atoms. The molecule has 1 atom stereocenters. The molecule has 4 heteroatoms. The van der Waals surface area contributed by atoms with Gasteiger partial charge >= 0.3 is 0 Å². The van der Waals surface area contributed by atoms with Crippen LogP contribution >= 0.6 is 0 Å². The second-order valence-electron chi connectivity index (χ2n) is 4.70. The first-order valence-electron chi connectivity index (χ1n) is 4.67. The topological polar surface area (TPSA) is 42.7 Å². The Morgan fingerprint density at radius 3 is 3.00 bits per heavy atom. The van der Waals surface area contributed by atoms with Crippen LogP contribution in [0.4, 0.5) is 0 Å². The number of rotatable bonds is 0. The highest BCUT2D eigenvalue weighted by atomic mass is 15.3. The maximum Gasteiger partial charge on any atom is 0.135 e. The molecule has 1 unspecified atom stereocenters. The quantitative estimate of drug-likeness (QED) is 0.642. The first-order valence-corrected chi connectivity index (χ1v) is 4.67. The van der Waals surface area contributed by atoms with Crippen molar-refractivity contribution in [3.63, 3.8) is 0 Å². The number of aromatic nitrogens is 3. The molecule has 72 valence electrons. The van der Waals surface area contributed by atoms with Gasteiger partial charge in [0.25, 0.3) is 0 Å². The van der Waals surface area contributed by atoms with Crippen molar-refractivity contribution in [1.29, 1.82) is 0 Å². The van der Waals surface area contributed by atoms with Crippen molar-refractivity contribution in [2.75, 3.05) is 0 Å². The fourth-order valence-corrected chi connectivity index (χ4v) is 1.64. The average Bonchev–Trinajstić information content (AvgIpc) is 2.47. The zero-order valence-electron chi connectivity index (χ0n) is 8.41. The zero-order chi connectivity index (χ0) is 9.47. The van der Waals surface area contributed by atoms with Crippen molar-refractivity contribution in [2.24, 2.45) is 5.41 Å². The zero-order valence-corrected chi connectivity index (χ0v) is 8.41. The molecule has 4 nitrogen and oxygen atoms in total. The monoisotopic (exact) mass is 180 g/mol. The smallest absolute Gasteiger partial charge is 0.135 e. The summed E-state index contributed by atoms with van der Waals surface area (Å²) in [4.78, 5) is 0. The maximum absolute atomic E-state index is 4.09. The third kappa shape index (κ3) is 1.58. The van der Waals surface area contributed by atoms with Gasteiger partial charge in [-0.2, -0.15) is 0 Å². The molecule has 1 aliphatic rings. The van der Waals surface area contributed by atoms with Crippen molar-refractivity contribution in [3.05, 3.63) is 12.2 Å². The van der Waals surface area contributed by atoms with Gasteiger partial charge < -0.3 is 4.57 Å². The van der Waals surface area contributed by atoms with Crippen molar-refractivity contribution >= 4 is 0 Å². The Kier molecular flexibility index (Phi) is 1.87. The van der Waals surface area contributed by atoms with Gasteiger partial charge in [-0.25, -0.2) is 0 Å². The predicted molar refractivity (Wildman–Crippen MR) is 50.1 cm³/mol. The van der Waals surface area contributed by atoms with E-state index in [9.17, 15) is 0 Å². The highest BCUT2D eigenvalue weighted by molar-refractivity contribution is 4.97. The summed E-state index contributed by atoms with van der Waals surface area (Å²) in [6.07, 6.45) is 2.75. The summed E-state index contributed by atoms with van der Waals surface area (Å²) < 4.78 is 2.06. The lowest BCUT2D eigenvalue weighted by Crippen LogP contribution is -2.46. The van der Waals surface area contributed by atoms with E-state index < -0.39 is 0 Å². The van der Waals surface area contributed by atoms with E-state index in [0.717, 1.165) is 18.9 Å². The molecular formula is C9H16N4. The van der Waals surface area contributed by atoms with Crippen molar-refractivity contribution in [3.8, 4) is 0 Å². The number of hydrogen-bond acceptors (Lipinski definition) is 3. The molecule has 1 aromatic heterocycles. The molecule has 0 bridgehead atoms. The van der Waals surface area contributed by atoms with E-state index in [1.54, 1.807) is 6.33 Å². The molecule has 1 N–H and O–H groups in total. The number of nitrogens with one attached hydrogen (secondary N) is 1. The Morgan fingerprint density at radius 1 is 1.54 bits per heavy atom. The lowest BCUT2D eigenvalue weighted by atomic mass is 9.84. The van der Waals surface area contributed by atoms with E-state index >= 15 is 0 Å². The van der Waals surface area contributed by atoms with Gasteiger partial charge in [-0.1, -0.05) is 20.8 Å². The van der Waals surface area contributed by atoms with E-state index in [2.05, 4.69) is 40.9 Å². The predicted octanol–water partition coefficient (Wildman–Crippen LogP) is 0.796. The van der Waals surface area contributed by atoms with Gasteiger partial charge in [0.15, 0.2) is 0 Å². The van der Waals surface area contributed by atoms with Crippen LogP contribution in [0.5, 0.6) is 0 Å². The van der Waals surface area contributed by atoms with Crippen molar-refractivity contribution in [2.45, 2.75) is 39.9 Å². The fraction of sp³-hybridized carbons (Fsp3) is 0.778. The molecule has 2 heterocycles. The summed E-state index contributed by atoms with van der Waals surface area (Å²) in [5.41, 5.74) is 0.289. The Bertz CT molecular complexity index is 297. The molecule has 0 aliphatic carbocycles. The number of fused-ring (bicyclic) bond motifs is 1. The summed E-state index contributed by atoms with van der Waals surface area (Å²) in [5, 5.41) is 11.5. The number of nitrogens with zero attached hydrogens (tertiary/aromatic N) is 3. The molecular weight excluding hydrogens is 164 g/mol. The van der Waals surface area contributed by atoms with Crippen LogP contribution < -0.4 is 5.32 Å². The Labute approximate surface area is 78.4 Å². The van der Waals surface area contributed by atoms with E-state index in [-0.39, 0.29) is 5.41 Å². The molecule has 0 aromatic carbocycles. The van der Waals surface area contributed by atoms with Crippen LogP contribution in [-0.2, 0) is 13.1 Å². The first kappa shape index (κ1) is 8.69. The van der Waals surface area contributed by atoms with E-state index in [1.807, 2.05) is 0 Å². The first-order chi connectivity index (χ1) is 6.07. The summed E-state index contributed by atoms with van der Waals surface area (Å²) in [5.74, 6) is 1.10. The van der Waals surface area contributed by atoms with E-state index in [0.29, 0.717) is 6.04 Å². The fourth-order valence-electron chi connectivity index (χ4n) is 1.64. The third-order valence-electron chi connectivity index (χ3n) is 2.64. The lowest BCUT2D eigenvalue weighted by Gasteiger charge is -2.34. The normalized spacial score (nSPS) is 22.8. The van der Waals surface area contributed by atoms with Crippen LogP contribution in [0, 0.1) is 5.41 Å². The summed E-state index contributed by atoms with van der Waals surface area (Å²) in [7, 11) is 0. The summed E-state index contributed by atoms with van der Waals surface area (Å²) >= 11 is 0. The van der Waals surface area contributed by atoms with Gasteiger partial charge in [0.1, 0.15) is 12.2 Å². The van der Waals surface area contributed by atoms with Crippen LogP contribution in [0.1, 0.15) is 26.6 Å². The number of hydrogen-bond donors (Lipinski definition) is 1. The second kappa shape index (κ2) is 2.80. The molecule has 2 rings (SSSR count). The van der Waals surface area contributed by atoms with Gasteiger partial charge in [0.2, 0.25) is 0 Å². The van der Waals surface area contributed by atoms with Crippen LogP contribution in [0.15, 0.2) is 6.33 Å². The van der Waals surface area contributed by atoms with Gasteiger partial charge in [-0.05, 0) is 5.41 Å². The Balaban J connectivity index is 2.18. The molecule has 0 amide bonds. The van der Waals surface area contributed by atoms with Crippen molar-refractivity contribution in [1.82, 2.24) is 20.1 Å². The molecule has 1 aromatic rings. The van der Waals surface area contributed by atoms with Crippen LogP contribution in [0.25, 0.3) is 0 Å². The molecule has 1 aliphatic heterocycles. The Hall–Kier alpha value is -0.900. The lowest BCUT2D eigenvalue weighted by molar-refractivity contribution is 0.225. The largest absolute Gasteiger partial charge is 0.304 e. The highest BCUT2D eigenvalue weighted by Crippen LogP contribution is 2.23. The highest BCUT2D eigenvalue weighted by Gasteiger charge is 2.28. The third-order valence-corrected chi connectivity index (χ3v) is 2.64. The minimum Gasteiger partial charge on any atom is -0.304 e. The SMILES string of the molecule is CC(C)(C)C1Cc2nncn2CN1.